The fourth-order valence-corrected chi connectivity index (χ4v) is 4.24. The molecule has 0 radical (unpaired) electrons. The molecule has 0 aliphatic heterocycles. The van der Waals surface area contributed by atoms with E-state index in [1.54, 1.807) is 13.3 Å². The summed E-state index contributed by atoms with van der Waals surface area (Å²) in [6.07, 6.45) is 4.55. The summed E-state index contributed by atoms with van der Waals surface area (Å²) >= 11 is 5.84. The number of nitrogens with zero attached hydrogens (tertiary/aromatic N) is 2. The molecule has 164 valence electrons. The van der Waals surface area contributed by atoms with E-state index in [1.165, 1.54) is 27.7 Å². The molecule has 0 saturated heterocycles. The van der Waals surface area contributed by atoms with Crippen LogP contribution in [0, 0.1) is 13.8 Å². The first-order chi connectivity index (χ1) is 15.5. The number of methoxy groups -OCH3 is 1. The van der Waals surface area contributed by atoms with Crippen molar-refractivity contribution < 1.29 is 4.74 Å². The second kappa shape index (κ2) is 9.83. The highest BCUT2D eigenvalue weighted by Gasteiger charge is 2.16. The van der Waals surface area contributed by atoms with Crippen molar-refractivity contribution in [1.82, 2.24) is 14.9 Å². The normalized spacial score (nSPS) is 10.8. The Kier molecular flexibility index (Phi) is 6.71. The summed E-state index contributed by atoms with van der Waals surface area (Å²) in [5, 5.41) is 5.32. The number of aromatic nitrogens is 2. The monoisotopic (exact) mass is 444 g/mol. The summed E-state index contributed by atoms with van der Waals surface area (Å²) in [7, 11) is 1.67. The lowest BCUT2D eigenvalue weighted by molar-refractivity contribution is 0.413. The van der Waals surface area contributed by atoms with E-state index in [2.05, 4.69) is 58.3 Å². The summed E-state index contributed by atoms with van der Waals surface area (Å²) < 4.78 is 5.48. The van der Waals surface area contributed by atoms with Crippen molar-refractivity contribution in [1.29, 1.82) is 0 Å². The third-order valence-corrected chi connectivity index (χ3v) is 6.00. The van der Waals surface area contributed by atoms with Crippen LogP contribution in [-0.4, -0.2) is 33.6 Å². The van der Waals surface area contributed by atoms with Crippen molar-refractivity contribution in [2.75, 3.05) is 19.0 Å². The fourth-order valence-electron chi connectivity index (χ4n) is 3.97. The zero-order chi connectivity index (χ0) is 22.5. The van der Waals surface area contributed by atoms with Gasteiger partial charge < -0.3 is 19.9 Å². The Morgan fingerprint density at radius 2 is 1.97 bits per heavy atom. The molecule has 4 rings (SSSR count). The number of fused-ring (bicyclic) bond motifs is 1. The smallest absolute Gasteiger partial charge is 0.173 e. The van der Waals surface area contributed by atoms with E-state index in [1.807, 2.05) is 36.5 Å². The molecule has 0 aliphatic rings. The third kappa shape index (κ3) is 4.92. The van der Waals surface area contributed by atoms with E-state index in [4.69, 9.17) is 17.0 Å². The Morgan fingerprint density at radius 1 is 1.12 bits per heavy atom. The van der Waals surface area contributed by atoms with Gasteiger partial charge in [-0.25, -0.2) is 0 Å². The first-order valence-corrected chi connectivity index (χ1v) is 11.1. The van der Waals surface area contributed by atoms with Crippen molar-refractivity contribution >= 4 is 33.9 Å². The van der Waals surface area contributed by atoms with E-state index < -0.39 is 0 Å². The Balaban J connectivity index is 1.58. The van der Waals surface area contributed by atoms with Crippen molar-refractivity contribution in [3.05, 3.63) is 89.4 Å². The number of ether oxygens (including phenoxy) is 1. The second-order valence-corrected chi connectivity index (χ2v) is 8.33. The predicted octanol–water partition coefficient (Wildman–Crippen LogP) is 5.63. The number of H-pyrrole nitrogens is 1. The number of aryl methyl sites for hydroxylation is 2. The summed E-state index contributed by atoms with van der Waals surface area (Å²) in [6.45, 7) is 5.72. The summed E-state index contributed by atoms with van der Waals surface area (Å²) in [5.41, 5.74) is 6.95. The van der Waals surface area contributed by atoms with Gasteiger partial charge >= 0.3 is 0 Å². The zero-order valence-corrected chi connectivity index (χ0v) is 19.5. The van der Waals surface area contributed by atoms with Gasteiger partial charge in [0, 0.05) is 42.1 Å². The van der Waals surface area contributed by atoms with Crippen molar-refractivity contribution in [2.24, 2.45) is 0 Å². The largest absolute Gasteiger partial charge is 0.495 e. The van der Waals surface area contributed by atoms with E-state index in [-0.39, 0.29) is 0 Å². The number of para-hydroxylation sites is 2. The number of anilines is 1. The first kappa shape index (κ1) is 21.8. The molecule has 0 amide bonds. The molecule has 2 N–H and O–H groups in total. The Hall–Kier alpha value is -3.38. The SMILES string of the molecule is COc1ccccc1NC(=S)N(CCc1c(C)[nH]c2ccc(C)cc12)Cc1cccnc1. The van der Waals surface area contributed by atoms with Crippen LogP contribution in [0.15, 0.2) is 67.0 Å². The van der Waals surface area contributed by atoms with E-state index in [0.717, 1.165) is 30.0 Å². The van der Waals surface area contributed by atoms with Gasteiger partial charge in [-0.2, -0.15) is 0 Å². The lowest BCUT2D eigenvalue weighted by Gasteiger charge is -2.26. The van der Waals surface area contributed by atoms with Crippen molar-refractivity contribution in [3.8, 4) is 5.75 Å². The van der Waals surface area contributed by atoms with Crippen molar-refractivity contribution in [2.45, 2.75) is 26.8 Å². The van der Waals surface area contributed by atoms with Crippen LogP contribution in [0.3, 0.4) is 0 Å². The lowest BCUT2D eigenvalue weighted by atomic mass is 10.1. The number of rotatable bonds is 7. The van der Waals surface area contributed by atoms with Crippen LogP contribution in [0.4, 0.5) is 5.69 Å². The van der Waals surface area contributed by atoms with Gasteiger partial charge in [-0.05, 0) is 73.9 Å². The van der Waals surface area contributed by atoms with Gasteiger partial charge in [0.25, 0.3) is 0 Å². The number of hydrogen-bond donors (Lipinski definition) is 2. The molecular formula is C26H28N4OS. The third-order valence-electron chi connectivity index (χ3n) is 5.64. The van der Waals surface area contributed by atoms with Crippen LogP contribution < -0.4 is 10.1 Å². The van der Waals surface area contributed by atoms with Crippen LogP contribution >= 0.6 is 12.2 Å². The van der Waals surface area contributed by atoms with Crippen LogP contribution in [-0.2, 0) is 13.0 Å². The second-order valence-electron chi connectivity index (χ2n) is 7.94. The van der Waals surface area contributed by atoms with Gasteiger partial charge in [-0.3, -0.25) is 4.98 Å². The standard InChI is InChI=1S/C26H28N4OS/c1-18-10-11-23-22(15-18)21(19(2)28-23)12-14-30(17-20-7-6-13-27-16-20)26(32)29-24-8-4-5-9-25(24)31-3/h4-11,13,15-16,28H,12,14,17H2,1-3H3,(H,29,32). The number of nitrogens with one attached hydrogen (secondary N) is 2. The summed E-state index contributed by atoms with van der Waals surface area (Å²) in [5.74, 6) is 0.763. The maximum atomic E-state index is 5.84. The molecule has 0 atom stereocenters. The lowest BCUT2D eigenvalue weighted by Crippen LogP contribution is -2.36. The van der Waals surface area contributed by atoms with Gasteiger partial charge in [-0.15, -0.1) is 0 Å². The molecule has 5 nitrogen and oxygen atoms in total. The Morgan fingerprint density at radius 3 is 2.75 bits per heavy atom. The molecule has 0 spiro atoms. The summed E-state index contributed by atoms with van der Waals surface area (Å²) in [4.78, 5) is 9.97. The average Bonchev–Trinajstić information content (AvgIpc) is 3.11. The fraction of sp³-hybridized carbons (Fsp3) is 0.231. The molecule has 0 unspecified atom stereocenters. The minimum atomic E-state index is 0.659. The molecule has 0 aliphatic carbocycles. The summed E-state index contributed by atoms with van der Waals surface area (Å²) in [6, 6.07) is 18.4. The molecule has 0 saturated carbocycles. The van der Waals surface area contributed by atoms with E-state index in [9.17, 15) is 0 Å². The highest BCUT2D eigenvalue weighted by atomic mass is 32.1. The Labute approximate surface area is 194 Å². The highest BCUT2D eigenvalue weighted by Crippen LogP contribution is 2.26. The molecule has 0 bridgehead atoms. The van der Waals surface area contributed by atoms with Crippen LogP contribution in [0.1, 0.15) is 22.4 Å². The van der Waals surface area contributed by atoms with Gasteiger partial charge in [0.15, 0.2) is 5.11 Å². The van der Waals surface area contributed by atoms with Crippen LogP contribution in [0.5, 0.6) is 5.75 Å². The van der Waals surface area contributed by atoms with E-state index in [0.29, 0.717) is 11.7 Å². The molecular weight excluding hydrogens is 416 g/mol. The molecule has 4 aromatic rings. The predicted molar refractivity (Wildman–Crippen MR) is 135 cm³/mol. The molecule has 2 aromatic carbocycles. The molecule has 6 heteroatoms. The molecule has 0 fully saturated rings. The quantitative estimate of drug-likeness (QED) is 0.362. The van der Waals surface area contributed by atoms with Gasteiger partial charge in [0.1, 0.15) is 5.75 Å². The molecule has 2 aromatic heterocycles. The maximum absolute atomic E-state index is 5.84. The van der Waals surface area contributed by atoms with Gasteiger partial charge in [0.05, 0.1) is 12.8 Å². The highest BCUT2D eigenvalue weighted by molar-refractivity contribution is 7.80. The minimum absolute atomic E-state index is 0.659. The minimum Gasteiger partial charge on any atom is -0.495 e. The molecule has 32 heavy (non-hydrogen) atoms. The first-order valence-electron chi connectivity index (χ1n) is 10.7. The van der Waals surface area contributed by atoms with Crippen LogP contribution in [0.2, 0.25) is 0 Å². The van der Waals surface area contributed by atoms with E-state index >= 15 is 0 Å². The number of hydrogen-bond acceptors (Lipinski definition) is 3. The van der Waals surface area contributed by atoms with Crippen molar-refractivity contribution in [3.63, 3.8) is 0 Å². The van der Waals surface area contributed by atoms with Gasteiger partial charge in [0.2, 0.25) is 0 Å². The number of aromatic amines is 1. The van der Waals surface area contributed by atoms with Gasteiger partial charge in [-0.1, -0.05) is 29.8 Å². The number of thiocarbonyl (C=S) groups is 1. The number of benzene rings is 2. The average molecular weight is 445 g/mol. The topological polar surface area (TPSA) is 53.2 Å². The maximum Gasteiger partial charge on any atom is 0.173 e. The molecule has 2 heterocycles. The number of pyridine rings is 1. The zero-order valence-electron chi connectivity index (χ0n) is 18.7. The Bertz CT molecular complexity index is 1220. The van der Waals surface area contributed by atoms with Crippen LogP contribution in [0.25, 0.3) is 10.9 Å².